The van der Waals surface area contributed by atoms with Crippen LogP contribution in [0.3, 0.4) is 0 Å². The Kier molecular flexibility index (Phi) is 10.3. The van der Waals surface area contributed by atoms with Crippen LogP contribution in [0.2, 0.25) is 0 Å². The molecule has 1 aliphatic carbocycles. The highest BCUT2D eigenvalue weighted by molar-refractivity contribution is 6.57. The van der Waals surface area contributed by atoms with Crippen LogP contribution in [0.1, 0.15) is 71.9 Å². The van der Waals surface area contributed by atoms with Gasteiger partial charge in [0, 0.05) is 48.6 Å². The van der Waals surface area contributed by atoms with Crippen molar-refractivity contribution in [3.63, 3.8) is 0 Å². The number of aliphatic hydroxyl groups excluding tert-OH is 1. The van der Waals surface area contributed by atoms with Crippen molar-refractivity contribution >= 4 is 57.4 Å². The molecule has 0 spiro atoms. The number of esters is 1. The summed E-state index contributed by atoms with van der Waals surface area (Å²) in [5.74, 6) is -1.97. The lowest BCUT2D eigenvalue weighted by Crippen LogP contribution is -2.48. The van der Waals surface area contributed by atoms with E-state index in [2.05, 4.69) is 10.6 Å². The molecule has 274 valence electrons. The second kappa shape index (κ2) is 14.2. The Balaban J connectivity index is 1.38. The number of benzene rings is 2. The maximum absolute atomic E-state index is 16.5. The van der Waals surface area contributed by atoms with E-state index < -0.39 is 51.1 Å². The van der Waals surface area contributed by atoms with Gasteiger partial charge in [-0.2, -0.15) is 0 Å². The van der Waals surface area contributed by atoms with E-state index in [-0.39, 0.29) is 45.6 Å². The van der Waals surface area contributed by atoms with Gasteiger partial charge in [0.05, 0.1) is 29.0 Å². The summed E-state index contributed by atoms with van der Waals surface area (Å²) in [4.78, 5) is 53.4. The van der Waals surface area contributed by atoms with Gasteiger partial charge in [-0.25, -0.2) is 9.18 Å². The number of nitrogens with zero attached hydrogens (tertiary/aromatic N) is 3. The van der Waals surface area contributed by atoms with Crippen LogP contribution < -0.4 is 25.7 Å². The Bertz CT molecular complexity index is 1930. The van der Waals surface area contributed by atoms with Gasteiger partial charge in [0.25, 0.3) is 11.6 Å². The van der Waals surface area contributed by atoms with Crippen LogP contribution in [0, 0.1) is 35.7 Å². The van der Waals surface area contributed by atoms with Crippen molar-refractivity contribution in [1.29, 1.82) is 0 Å². The minimum atomic E-state index is -1.92. The summed E-state index contributed by atoms with van der Waals surface area (Å²) < 4.78 is 28.0. The van der Waals surface area contributed by atoms with Crippen LogP contribution in [0.15, 0.2) is 29.1 Å². The smallest absolute Gasteiger partial charge is 0.344 e. The molecule has 2 unspecified atom stereocenters. The Labute approximate surface area is 303 Å². The summed E-state index contributed by atoms with van der Waals surface area (Å²) in [6.45, 7) is 5.85. The number of hydrogen-bond donors (Lipinski definition) is 3. The minimum absolute atomic E-state index is 0.00287. The number of aliphatic hydroxyl groups is 1. The number of halogens is 3. The average molecular weight is 749 g/mol. The van der Waals surface area contributed by atoms with Gasteiger partial charge < -0.3 is 34.7 Å². The van der Waals surface area contributed by atoms with Crippen LogP contribution >= 0.6 is 23.2 Å². The fourth-order valence-electron chi connectivity index (χ4n) is 7.38. The van der Waals surface area contributed by atoms with Crippen molar-refractivity contribution in [3.8, 4) is 5.75 Å². The Morgan fingerprint density at radius 3 is 2.47 bits per heavy atom. The third-order valence-corrected chi connectivity index (χ3v) is 10.5. The highest BCUT2D eigenvalue weighted by Gasteiger charge is 2.40. The van der Waals surface area contributed by atoms with E-state index in [0.717, 1.165) is 32.2 Å². The number of amides is 1. The monoisotopic (exact) mass is 747 g/mol. The molecule has 3 aromatic rings. The molecule has 1 aromatic heterocycles. The Morgan fingerprint density at radius 2 is 1.88 bits per heavy atom. The van der Waals surface area contributed by atoms with E-state index in [1.165, 1.54) is 45.2 Å². The van der Waals surface area contributed by atoms with Gasteiger partial charge in [-0.1, -0.05) is 23.2 Å². The lowest BCUT2D eigenvalue weighted by molar-refractivity contribution is -0.384. The van der Waals surface area contributed by atoms with Gasteiger partial charge in [-0.3, -0.25) is 19.7 Å². The molecule has 51 heavy (non-hydrogen) atoms. The zero-order valence-corrected chi connectivity index (χ0v) is 30.1. The van der Waals surface area contributed by atoms with Gasteiger partial charge in [-0.15, -0.1) is 0 Å². The lowest BCUT2D eigenvalue weighted by atomic mass is 9.94. The third-order valence-electron chi connectivity index (χ3n) is 10.2. The number of rotatable bonds is 11. The molecule has 0 radical (unpaired) electrons. The van der Waals surface area contributed by atoms with Crippen molar-refractivity contribution in [3.05, 3.63) is 72.8 Å². The number of nitro groups is 1. The van der Waals surface area contributed by atoms with Crippen molar-refractivity contribution in [2.24, 2.45) is 5.92 Å². The first-order chi connectivity index (χ1) is 24.1. The maximum atomic E-state index is 16.5. The Morgan fingerprint density at radius 1 is 1.20 bits per heavy atom. The van der Waals surface area contributed by atoms with Crippen molar-refractivity contribution < 1.29 is 33.5 Å². The van der Waals surface area contributed by atoms with Crippen molar-refractivity contribution in [2.45, 2.75) is 75.0 Å². The average Bonchev–Trinajstić information content (AvgIpc) is 3.83. The number of methoxy groups -OCH3 is 1. The molecule has 2 saturated heterocycles. The summed E-state index contributed by atoms with van der Waals surface area (Å²) in [6, 6.07) is 3.73. The topological polar surface area (TPSA) is 165 Å². The first-order valence-electron chi connectivity index (χ1n) is 16.9. The molecule has 3 N–H and O–H groups in total. The number of aryl methyl sites for hydroxylation is 1. The molecule has 16 heteroatoms. The van der Waals surface area contributed by atoms with Crippen LogP contribution in [-0.4, -0.2) is 76.2 Å². The molecule has 13 nitrogen and oxygen atoms in total. The van der Waals surface area contributed by atoms with Gasteiger partial charge in [0.2, 0.25) is 5.43 Å². The van der Waals surface area contributed by atoms with Crippen LogP contribution in [0.25, 0.3) is 10.9 Å². The number of anilines is 1. The predicted molar refractivity (Wildman–Crippen MR) is 190 cm³/mol. The number of fused-ring (bicyclic) bond motifs is 2. The van der Waals surface area contributed by atoms with E-state index in [4.69, 9.17) is 32.7 Å². The summed E-state index contributed by atoms with van der Waals surface area (Å²) in [7, 11) is 1.45. The van der Waals surface area contributed by atoms with Gasteiger partial charge in [-0.05, 0) is 76.6 Å². The number of ether oxygens (including phenoxy) is 2. The summed E-state index contributed by atoms with van der Waals surface area (Å²) in [5, 5.41) is 28.3. The number of nitro benzene ring substituents is 1. The first-order valence-corrected chi connectivity index (χ1v) is 17.6. The van der Waals surface area contributed by atoms with E-state index in [9.17, 15) is 29.6 Å². The highest BCUT2D eigenvalue weighted by atomic mass is 35.5. The molecule has 2 aliphatic heterocycles. The number of hydrogen-bond acceptors (Lipinski definition) is 10. The fraction of sp³-hybridized carbons (Fsp3) is 0.514. The van der Waals surface area contributed by atoms with E-state index in [0.29, 0.717) is 35.9 Å². The highest BCUT2D eigenvalue weighted by Crippen LogP contribution is 2.47. The largest absolute Gasteiger partial charge is 0.492 e. The van der Waals surface area contributed by atoms with Crippen LogP contribution in [0.4, 0.5) is 15.8 Å². The normalized spacial score (nSPS) is 20.1. The molecule has 1 saturated carbocycles. The molecular weight excluding hydrogens is 708 g/mol. The number of piperidine rings is 1. The Hall–Kier alpha value is -3.98. The molecule has 6 rings (SSSR count). The number of aromatic nitrogens is 1. The SMILES string of the molecule is COc1c(N2CC3CCCNC3C2)c(F)c(C)c2c(=O)c(C(=O)OC[C@@H](NC(=O)C(C)(Cl)Cl)[C@H](O)c3ccc([N+](=O)[O-])cc3)c(C)n(C3CC3)c12. The molecule has 3 aliphatic rings. The number of non-ortho nitro benzene ring substituents is 1. The fourth-order valence-corrected chi connectivity index (χ4v) is 7.49. The molecule has 3 heterocycles. The minimum Gasteiger partial charge on any atom is -0.492 e. The molecule has 0 bridgehead atoms. The molecule has 2 aromatic carbocycles. The zero-order valence-electron chi connectivity index (χ0n) is 28.6. The van der Waals surface area contributed by atoms with Crippen LogP contribution in [0.5, 0.6) is 5.75 Å². The second-order valence-electron chi connectivity index (χ2n) is 13.7. The number of pyridine rings is 1. The predicted octanol–water partition coefficient (Wildman–Crippen LogP) is 4.77. The maximum Gasteiger partial charge on any atom is 0.344 e. The van der Waals surface area contributed by atoms with Crippen LogP contribution in [-0.2, 0) is 9.53 Å². The molecule has 4 atom stereocenters. The number of carbonyl (C=O) groups is 2. The third kappa shape index (κ3) is 6.98. The zero-order chi connectivity index (χ0) is 36.9. The second-order valence-corrected chi connectivity index (χ2v) is 15.4. The quantitative estimate of drug-likeness (QED) is 0.108. The van der Waals surface area contributed by atoms with Gasteiger partial charge in [0.15, 0.2) is 15.9 Å². The lowest BCUT2D eigenvalue weighted by Gasteiger charge is -2.28. The molecule has 1 amide bonds. The van der Waals surface area contributed by atoms with E-state index >= 15 is 4.39 Å². The van der Waals surface area contributed by atoms with Crippen molar-refractivity contribution in [2.75, 3.05) is 38.3 Å². The summed E-state index contributed by atoms with van der Waals surface area (Å²) in [5.41, 5.74) is -0.0309. The van der Waals surface area contributed by atoms with E-state index in [1.54, 1.807) is 6.92 Å². The number of carbonyl (C=O) groups excluding carboxylic acids is 2. The first kappa shape index (κ1) is 36.8. The number of alkyl halides is 2. The van der Waals surface area contributed by atoms with Gasteiger partial charge in [0.1, 0.15) is 24.0 Å². The summed E-state index contributed by atoms with van der Waals surface area (Å²) >= 11 is 12.0. The summed E-state index contributed by atoms with van der Waals surface area (Å²) in [6.07, 6.45) is 2.08. The molecular formula is C35H40Cl2FN5O8. The standard InChI is InChI=1S/C35H40Cl2FN5O8/c1-17-25-28(32(50-4)29(27(17)38)41-14-20-6-5-13-39-23(20)15-41)42(21-11-12-21)18(2)26(31(25)45)33(46)51-16-24(40-34(47)35(3,36)37)30(44)19-7-9-22(10-8-19)43(48)49/h7-10,20-21,23-24,30,39,44H,5-6,11-16H2,1-4H3,(H,40,47)/t20?,23?,24-,30-/m1/s1. The van der Waals surface area contributed by atoms with Gasteiger partial charge >= 0.3 is 5.97 Å². The molecule has 3 fully saturated rings. The van der Waals surface area contributed by atoms with E-state index in [1.807, 2.05) is 9.47 Å². The van der Waals surface area contributed by atoms with Crippen molar-refractivity contribution in [1.82, 2.24) is 15.2 Å². The number of nitrogens with one attached hydrogen (secondary N) is 2.